The van der Waals surface area contributed by atoms with Gasteiger partial charge >= 0.3 is 11.9 Å². The Labute approximate surface area is 105 Å². The molecule has 0 bridgehead atoms. The second kappa shape index (κ2) is 5.34. The molecule has 18 heavy (non-hydrogen) atoms. The fraction of sp³-hybridized carbons (Fsp3) is 0.500. The third-order valence-corrected chi connectivity index (χ3v) is 2.31. The summed E-state index contributed by atoms with van der Waals surface area (Å²) in [5.41, 5.74) is -0.608. The molecule has 0 aromatic carbocycles. The second-order valence-corrected chi connectivity index (χ2v) is 3.74. The molecule has 0 amide bonds. The summed E-state index contributed by atoms with van der Waals surface area (Å²) >= 11 is 5.52. The van der Waals surface area contributed by atoms with Gasteiger partial charge in [0.1, 0.15) is 6.33 Å². The van der Waals surface area contributed by atoms with Crippen LogP contribution < -0.4 is 4.90 Å². The Bertz CT molecular complexity index is 454. The Morgan fingerprint density at radius 1 is 1.50 bits per heavy atom. The van der Waals surface area contributed by atoms with Crippen LogP contribution in [-0.2, 0) is 0 Å². The minimum atomic E-state index is -4.35. The maximum atomic E-state index is 12.1. The van der Waals surface area contributed by atoms with Gasteiger partial charge < -0.3 is 4.90 Å². The summed E-state index contributed by atoms with van der Waals surface area (Å²) in [5, 5.41) is 10.3. The normalized spacial score (nSPS) is 11.4. The van der Waals surface area contributed by atoms with Crippen LogP contribution >= 0.6 is 11.6 Å². The van der Waals surface area contributed by atoms with Crippen LogP contribution in [0.3, 0.4) is 0 Å². The van der Waals surface area contributed by atoms with Gasteiger partial charge in [0.05, 0.1) is 11.3 Å². The summed E-state index contributed by atoms with van der Waals surface area (Å²) in [6, 6.07) is 0. The minimum absolute atomic E-state index is 0.246. The van der Waals surface area contributed by atoms with E-state index in [4.69, 9.17) is 11.6 Å². The van der Waals surface area contributed by atoms with Crippen molar-refractivity contribution in [2.75, 3.05) is 18.5 Å². The number of alkyl halides is 3. The van der Waals surface area contributed by atoms with Gasteiger partial charge in [-0.05, 0) is 0 Å². The average molecular weight is 285 g/mol. The highest BCUT2D eigenvalue weighted by molar-refractivity contribution is 6.31. The molecule has 1 aromatic heterocycles. The van der Waals surface area contributed by atoms with Crippen LogP contribution in [0.15, 0.2) is 6.33 Å². The smallest absolute Gasteiger partial charge is 0.353 e. The SMILES string of the molecule is CN(CCC(F)(F)F)c1ncnc(Cl)c1[N+](=O)[O-]. The van der Waals surface area contributed by atoms with Gasteiger partial charge in [-0.3, -0.25) is 10.1 Å². The molecule has 0 radical (unpaired) electrons. The van der Waals surface area contributed by atoms with Crippen molar-refractivity contribution >= 4 is 23.1 Å². The maximum absolute atomic E-state index is 12.1. The number of rotatable bonds is 4. The van der Waals surface area contributed by atoms with Crippen molar-refractivity contribution in [3.8, 4) is 0 Å². The molecule has 0 aliphatic heterocycles. The first kappa shape index (κ1) is 14.4. The van der Waals surface area contributed by atoms with Gasteiger partial charge in [-0.1, -0.05) is 11.6 Å². The first-order valence-electron chi connectivity index (χ1n) is 4.65. The number of nitro groups is 1. The topological polar surface area (TPSA) is 72.2 Å². The van der Waals surface area contributed by atoms with Crippen molar-refractivity contribution in [1.29, 1.82) is 0 Å². The van der Waals surface area contributed by atoms with E-state index >= 15 is 0 Å². The van der Waals surface area contributed by atoms with Crippen molar-refractivity contribution in [3.63, 3.8) is 0 Å². The average Bonchev–Trinajstić information content (AvgIpc) is 2.24. The van der Waals surface area contributed by atoms with Gasteiger partial charge in [0.2, 0.25) is 11.0 Å². The highest BCUT2D eigenvalue weighted by Crippen LogP contribution is 2.31. The summed E-state index contributed by atoms with van der Waals surface area (Å²) in [4.78, 5) is 17.9. The summed E-state index contributed by atoms with van der Waals surface area (Å²) in [5.74, 6) is -0.246. The molecular formula is C8H8ClF3N4O2. The lowest BCUT2D eigenvalue weighted by Crippen LogP contribution is -2.25. The Morgan fingerprint density at radius 3 is 2.61 bits per heavy atom. The Balaban J connectivity index is 2.95. The van der Waals surface area contributed by atoms with Gasteiger partial charge in [-0.2, -0.15) is 13.2 Å². The lowest BCUT2D eigenvalue weighted by Gasteiger charge is -2.18. The molecule has 0 spiro atoms. The molecule has 10 heteroatoms. The number of aromatic nitrogens is 2. The lowest BCUT2D eigenvalue weighted by atomic mass is 10.3. The van der Waals surface area contributed by atoms with Gasteiger partial charge in [0.15, 0.2) is 0 Å². The van der Waals surface area contributed by atoms with Crippen molar-refractivity contribution in [2.45, 2.75) is 12.6 Å². The highest BCUT2D eigenvalue weighted by Gasteiger charge is 2.30. The van der Waals surface area contributed by atoms with E-state index in [1.807, 2.05) is 0 Å². The van der Waals surface area contributed by atoms with Gasteiger partial charge in [0, 0.05) is 13.6 Å². The van der Waals surface area contributed by atoms with E-state index in [1.54, 1.807) is 0 Å². The summed E-state index contributed by atoms with van der Waals surface area (Å²) in [6.45, 7) is -0.461. The highest BCUT2D eigenvalue weighted by atomic mass is 35.5. The minimum Gasteiger partial charge on any atom is -0.353 e. The molecule has 0 saturated heterocycles. The van der Waals surface area contributed by atoms with Crippen LogP contribution in [-0.4, -0.2) is 34.7 Å². The fourth-order valence-electron chi connectivity index (χ4n) is 1.19. The zero-order valence-corrected chi connectivity index (χ0v) is 9.86. The molecule has 0 aliphatic carbocycles. The Kier molecular flexibility index (Phi) is 4.28. The number of anilines is 1. The zero-order valence-electron chi connectivity index (χ0n) is 9.11. The molecule has 0 N–H and O–H groups in total. The molecule has 1 heterocycles. The van der Waals surface area contributed by atoms with E-state index < -0.39 is 34.9 Å². The summed E-state index contributed by atoms with van der Waals surface area (Å²) in [7, 11) is 1.26. The zero-order chi connectivity index (χ0) is 13.9. The predicted octanol–water partition coefficient (Wildman–Crippen LogP) is 2.43. The fourth-order valence-corrected chi connectivity index (χ4v) is 1.38. The van der Waals surface area contributed by atoms with Crippen molar-refractivity contribution in [2.24, 2.45) is 0 Å². The molecule has 100 valence electrons. The largest absolute Gasteiger partial charge is 0.390 e. The van der Waals surface area contributed by atoms with E-state index in [0.717, 1.165) is 11.2 Å². The number of hydrogen-bond acceptors (Lipinski definition) is 5. The van der Waals surface area contributed by atoms with Crippen LogP contribution in [0, 0.1) is 10.1 Å². The van der Waals surface area contributed by atoms with Crippen LogP contribution in [0.2, 0.25) is 5.15 Å². The summed E-state index contributed by atoms with van der Waals surface area (Å²) in [6.07, 6.45) is -4.50. The van der Waals surface area contributed by atoms with Gasteiger partial charge in [-0.15, -0.1) is 0 Å². The molecule has 0 aliphatic rings. The summed E-state index contributed by atoms with van der Waals surface area (Å²) < 4.78 is 36.2. The third-order valence-electron chi connectivity index (χ3n) is 2.03. The first-order chi connectivity index (χ1) is 8.22. The molecule has 0 atom stereocenters. The quantitative estimate of drug-likeness (QED) is 0.482. The lowest BCUT2D eigenvalue weighted by molar-refractivity contribution is -0.384. The standard InChI is InChI=1S/C8H8ClF3N4O2/c1-15(3-2-8(10,11)12)7-5(16(17)18)6(9)13-4-14-7/h4H,2-3H2,1H3. The molecule has 6 nitrogen and oxygen atoms in total. The number of halogens is 4. The van der Waals surface area contributed by atoms with E-state index in [1.165, 1.54) is 7.05 Å². The van der Waals surface area contributed by atoms with E-state index in [-0.39, 0.29) is 5.82 Å². The maximum Gasteiger partial charge on any atom is 0.390 e. The van der Waals surface area contributed by atoms with Gasteiger partial charge in [0.25, 0.3) is 0 Å². The Hall–Kier alpha value is -1.64. The molecule has 1 rings (SSSR count). The third kappa shape index (κ3) is 3.69. The molecule has 1 aromatic rings. The van der Waals surface area contributed by atoms with E-state index in [0.29, 0.717) is 0 Å². The molecule has 0 unspecified atom stereocenters. The molecule has 0 fully saturated rings. The van der Waals surface area contributed by atoms with Crippen LogP contribution in [0.5, 0.6) is 0 Å². The first-order valence-corrected chi connectivity index (χ1v) is 5.03. The van der Waals surface area contributed by atoms with Crippen molar-refractivity contribution in [3.05, 3.63) is 21.6 Å². The Morgan fingerprint density at radius 2 is 2.11 bits per heavy atom. The van der Waals surface area contributed by atoms with Crippen LogP contribution in [0.4, 0.5) is 24.7 Å². The predicted molar refractivity (Wildman–Crippen MR) is 57.6 cm³/mol. The molecular weight excluding hydrogens is 277 g/mol. The monoisotopic (exact) mass is 284 g/mol. The van der Waals surface area contributed by atoms with Crippen LogP contribution in [0.25, 0.3) is 0 Å². The number of hydrogen-bond donors (Lipinski definition) is 0. The van der Waals surface area contributed by atoms with E-state index in [2.05, 4.69) is 9.97 Å². The van der Waals surface area contributed by atoms with E-state index in [9.17, 15) is 23.3 Å². The molecule has 0 saturated carbocycles. The van der Waals surface area contributed by atoms with Crippen molar-refractivity contribution in [1.82, 2.24) is 9.97 Å². The second-order valence-electron chi connectivity index (χ2n) is 3.38. The van der Waals surface area contributed by atoms with Crippen LogP contribution in [0.1, 0.15) is 6.42 Å². The number of nitrogens with zero attached hydrogens (tertiary/aromatic N) is 4. The van der Waals surface area contributed by atoms with Crippen molar-refractivity contribution < 1.29 is 18.1 Å². The van der Waals surface area contributed by atoms with Gasteiger partial charge in [-0.25, -0.2) is 9.97 Å².